The molecule has 1 aliphatic carbocycles. The summed E-state index contributed by atoms with van der Waals surface area (Å²) in [6.07, 6.45) is -0.647. The van der Waals surface area contributed by atoms with Crippen LogP contribution in [-0.2, 0) is 9.59 Å². The molecule has 104 valence electrons. The molecule has 5 nitrogen and oxygen atoms in total. The van der Waals surface area contributed by atoms with Crippen molar-refractivity contribution in [2.45, 2.75) is 40.7 Å². The third kappa shape index (κ3) is 2.83. The second-order valence-corrected chi connectivity index (χ2v) is 6.74. The predicted octanol–water partition coefficient (Wildman–Crippen LogP) is 0.866. The fraction of sp³-hybridized carbons (Fsp3) is 0.846. The van der Waals surface area contributed by atoms with E-state index in [1.165, 1.54) is 0 Å². The molecule has 0 aromatic rings. The van der Waals surface area contributed by atoms with Gasteiger partial charge in [0, 0.05) is 6.54 Å². The van der Waals surface area contributed by atoms with Crippen molar-refractivity contribution in [2.24, 2.45) is 22.7 Å². The number of hydrogen-bond acceptors (Lipinski definition) is 3. The molecule has 0 bridgehead atoms. The van der Waals surface area contributed by atoms with Crippen LogP contribution < -0.4 is 5.32 Å². The molecule has 0 spiro atoms. The van der Waals surface area contributed by atoms with Crippen LogP contribution in [0, 0.1) is 22.7 Å². The van der Waals surface area contributed by atoms with Gasteiger partial charge in [0.25, 0.3) is 0 Å². The van der Waals surface area contributed by atoms with Gasteiger partial charge in [0.1, 0.15) is 0 Å². The number of amides is 1. The zero-order chi connectivity index (χ0) is 14.3. The highest BCUT2D eigenvalue weighted by Crippen LogP contribution is 2.58. The highest BCUT2D eigenvalue weighted by atomic mass is 16.4. The Balaban J connectivity index is 2.52. The smallest absolute Gasteiger partial charge is 0.307 e. The average molecular weight is 257 g/mol. The molecule has 0 heterocycles. The number of aliphatic hydroxyl groups excluding tert-OH is 1. The fourth-order valence-electron chi connectivity index (χ4n) is 2.20. The van der Waals surface area contributed by atoms with Gasteiger partial charge in [0.2, 0.25) is 5.91 Å². The molecule has 3 N–H and O–H groups in total. The number of nitrogens with one attached hydrogen (secondary N) is 1. The maximum absolute atomic E-state index is 11.9. The van der Waals surface area contributed by atoms with E-state index in [4.69, 9.17) is 5.11 Å². The molecule has 0 radical (unpaired) electrons. The molecule has 18 heavy (non-hydrogen) atoms. The van der Waals surface area contributed by atoms with Gasteiger partial charge in [-0.05, 0) is 10.8 Å². The van der Waals surface area contributed by atoms with Crippen LogP contribution in [0.3, 0.4) is 0 Å². The lowest BCUT2D eigenvalue weighted by atomic mass is 9.89. The van der Waals surface area contributed by atoms with Gasteiger partial charge in [-0.25, -0.2) is 0 Å². The number of carbonyl (C=O) groups excluding carboxylic acids is 1. The molecule has 1 rings (SSSR count). The van der Waals surface area contributed by atoms with Crippen molar-refractivity contribution < 1.29 is 19.8 Å². The SMILES string of the molecule is CC(C)(C)C(O)CNC(=O)[C@@H]1[C@H](C(=O)O)C1(C)C. The Labute approximate surface area is 108 Å². The van der Waals surface area contributed by atoms with Crippen LogP contribution in [0.1, 0.15) is 34.6 Å². The molecule has 0 aromatic carbocycles. The van der Waals surface area contributed by atoms with Gasteiger partial charge in [-0.3, -0.25) is 9.59 Å². The Morgan fingerprint density at radius 1 is 1.28 bits per heavy atom. The maximum Gasteiger partial charge on any atom is 0.307 e. The minimum Gasteiger partial charge on any atom is -0.481 e. The largest absolute Gasteiger partial charge is 0.481 e. The van der Waals surface area contributed by atoms with Crippen molar-refractivity contribution in [3.8, 4) is 0 Å². The first kappa shape index (κ1) is 15.0. The van der Waals surface area contributed by atoms with Gasteiger partial charge in [-0.1, -0.05) is 34.6 Å². The first-order chi connectivity index (χ1) is 7.99. The highest BCUT2D eigenvalue weighted by molar-refractivity contribution is 5.91. The van der Waals surface area contributed by atoms with Crippen LogP contribution in [0.15, 0.2) is 0 Å². The van der Waals surface area contributed by atoms with E-state index < -0.39 is 29.3 Å². The number of carboxylic acid groups (broad SMARTS) is 1. The van der Waals surface area contributed by atoms with Crippen LogP contribution in [0.5, 0.6) is 0 Å². The van der Waals surface area contributed by atoms with Crippen molar-refractivity contribution in [3.63, 3.8) is 0 Å². The van der Waals surface area contributed by atoms with Crippen LogP contribution >= 0.6 is 0 Å². The molecule has 1 aliphatic rings. The maximum atomic E-state index is 11.9. The van der Waals surface area contributed by atoms with E-state index in [0.717, 1.165) is 0 Å². The number of carboxylic acids is 1. The third-order valence-electron chi connectivity index (χ3n) is 3.85. The number of aliphatic hydroxyl groups is 1. The first-order valence-electron chi connectivity index (χ1n) is 6.18. The van der Waals surface area contributed by atoms with Gasteiger partial charge >= 0.3 is 5.97 Å². The summed E-state index contributed by atoms with van der Waals surface area (Å²) in [4.78, 5) is 22.8. The van der Waals surface area contributed by atoms with Crippen molar-refractivity contribution in [2.75, 3.05) is 6.54 Å². The molecule has 1 fully saturated rings. The quantitative estimate of drug-likeness (QED) is 0.697. The zero-order valence-electron chi connectivity index (χ0n) is 11.7. The predicted molar refractivity (Wildman–Crippen MR) is 66.9 cm³/mol. The van der Waals surface area contributed by atoms with Crippen molar-refractivity contribution >= 4 is 11.9 Å². The molecule has 5 heteroatoms. The summed E-state index contributed by atoms with van der Waals surface area (Å²) in [5, 5.41) is 21.4. The lowest BCUT2D eigenvalue weighted by Gasteiger charge is -2.26. The Bertz CT molecular complexity index is 356. The second kappa shape index (κ2) is 4.53. The van der Waals surface area contributed by atoms with Crippen LogP contribution in [0.25, 0.3) is 0 Å². The molecule has 3 atom stereocenters. The Morgan fingerprint density at radius 2 is 1.78 bits per heavy atom. The Hall–Kier alpha value is -1.10. The Kier molecular flexibility index (Phi) is 3.77. The highest BCUT2D eigenvalue weighted by Gasteiger charge is 2.65. The number of aliphatic carboxylic acids is 1. The topological polar surface area (TPSA) is 86.6 Å². The summed E-state index contributed by atoms with van der Waals surface area (Å²) >= 11 is 0. The minimum absolute atomic E-state index is 0.154. The fourth-order valence-corrected chi connectivity index (χ4v) is 2.20. The van der Waals surface area contributed by atoms with Gasteiger partial charge in [0.05, 0.1) is 17.9 Å². The standard InChI is InChI=1S/C13H23NO4/c1-12(2,3)7(15)6-14-10(16)8-9(11(17)18)13(8,4)5/h7-9,15H,6H2,1-5H3,(H,14,16)(H,17,18)/t7?,8-,9+/m0/s1. The summed E-state index contributed by atoms with van der Waals surface area (Å²) in [7, 11) is 0. The zero-order valence-corrected chi connectivity index (χ0v) is 11.7. The molecule has 0 aliphatic heterocycles. The van der Waals surface area contributed by atoms with Crippen molar-refractivity contribution in [1.29, 1.82) is 0 Å². The average Bonchev–Trinajstić information content (AvgIpc) is 2.76. The third-order valence-corrected chi connectivity index (χ3v) is 3.85. The lowest BCUT2D eigenvalue weighted by molar-refractivity contribution is -0.140. The van der Waals surface area contributed by atoms with E-state index in [1.54, 1.807) is 13.8 Å². The molecule has 1 saturated carbocycles. The van der Waals surface area contributed by atoms with Gasteiger partial charge in [-0.2, -0.15) is 0 Å². The van der Waals surface area contributed by atoms with Gasteiger partial charge in [0.15, 0.2) is 0 Å². The van der Waals surface area contributed by atoms with E-state index in [9.17, 15) is 14.7 Å². The van der Waals surface area contributed by atoms with Crippen LogP contribution in [0.4, 0.5) is 0 Å². The molecule has 0 aromatic heterocycles. The van der Waals surface area contributed by atoms with Crippen molar-refractivity contribution in [3.05, 3.63) is 0 Å². The minimum atomic E-state index is -0.934. The van der Waals surface area contributed by atoms with E-state index in [0.29, 0.717) is 0 Å². The normalized spacial score (nSPS) is 27.4. The van der Waals surface area contributed by atoms with E-state index in [-0.39, 0.29) is 17.9 Å². The molecule has 0 saturated heterocycles. The number of carbonyl (C=O) groups is 2. The lowest BCUT2D eigenvalue weighted by Crippen LogP contribution is -2.40. The molecule has 1 unspecified atom stereocenters. The monoisotopic (exact) mass is 257 g/mol. The molecule has 1 amide bonds. The van der Waals surface area contributed by atoms with Crippen LogP contribution in [0.2, 0.25) is 0 Å². The van der Waals surface area contributed by atoms with Gasteiger partial charge < -0.3 is 15.5 Å². The van der Waals surface area contributed by atoms with Crippen LogP contribution in [-0.4, -0.2) is 34.7 Å². The summed E-state index contributed by atoms with van der Waals surface area (Å²) < 4.78 is 0. The van der Waals surface area contributed by atoms with E-state index >= 15 is 0 Å². The van der Waals surface area contributed by atoms with Gasteiger partial charge in [-0.15, -0.1) is 0 Å². The van der Waals surface area contributed by atoms with E-state index in [2.05, 4.69) is 5.32 Å². The number of hydrogen-bond donors (Lipinski definition) is 3. The number of rotatable bonds is 4. The van der Waals surface area contributed by atoms with Crippen molar-refractivity contribution in [1.82, 2.24) is 5.32 Å². The summed E-state index contributed by atoms with van der Waals surface area (Å²) in [6, 6.07) is 0. The molecular formula is C13H23NO4. The second-order valence-electron chi connectivity index (χ2n) is 6.74. The summed E-state index contributed by atoms with van der Waals surface area (Å²) in [5.41, 5.74) is -0.804. The molecular weight excluding hydrogens is 234 g/mol. The van der Waals surface area contributed by atoms with E-state index in [1.807, 2.05) is 20.8 Å². The summed E-state index contributed by atoms with van der Waals surface area (Å²) in [6.45, 7) is 9.34. The summed E-state index contributed by atoms with van der Waals surface area (Å²) in [5.74, 6) is -2.33. The first-order valence-corrected chi connectivity index (χ1v) is 6.18. The Morgan fingerprint density at radius 3 is 2.11 bits per heavy atom.